The first-order chi connectivity index (χ1) is 5.88. The van der Waals surface area contributed by atoms with E-state index in [0.717, 1.165) is 12.4 Å². The lowest BCUT2D eigenvalue weighted by atomic mass is 10.1. The van der Waals surface area contributed by atoms with Crippen molar-refractivity contribution in [2.24, 2.45) is 11.7 Å². The Hall–Kier alpha value is -1.02. The molecule has 1 saturated carbocycles. The Labute approximate surface area is 71.3 Å². The van der Waals surface area contributed by atoms with Crippen molar-refractivity contribution in [3.63, 3.8) is 0 Å². The van der Waals surface area contributed by atoms with Gasteiger partial charge in [0.05, 0.1) is 6.61 Å². The van der Waals surface area contributed by atoms with Crippen molar-refractivity contribution < 1.29 is 4.74 Å². The summed E-state index contributed by atoms with van der Waals surface area (Å²) in [6, 6.07) is 8.55. The fraction of sp³-hybridized carbons (Fsp3) is 0.400. The first-order valence-electron chi connectivity index (χ1n) is 4.35. The molecule has 0 spiro atoms. The number of fused-ring (bicyclic) bond motifs is 3. The van der Waals surface area contributed by atoms with Crippen LogP contribution in [-0.2, 0) is 0 Å². The molecular weight excluding hydrogens is 150 g/mol. The molecule has 1 fully saturated rings. The van der Waals surface area contributed by atoms with E-state index >= 15 is 0 Å². The van der Waals surface area contributed by atoms with E-state index in [1.54, 1.807) is 0 Å². The van der Waals surface area contributed by atoms with Gasteiger partial charge in [-0.25, -0.2) is 0 Å². The van der Waals surface area contributed by atoms with Gasteiger partial charge in [0.25, 0.3) is 0 Å². The van der Waals surface area contributed by atoms with E-state index in [1.165, 1.54) is 5.56 Å². The van der Waals surface area contributed by atoms with E-state index in [0.29, 0.717) is 17.9 Å². The minimum Gasteiger partial charge on any atom is -0.493 e. The zero-order valence-electron chi connectivity index (χ0n) is 6.73. The average Bonchev–Trinajstić information content (AvgIpc) is 2.78. The molecule has 0 radical (unpaired) electrons. The Morgan fingerprint density at radius 1 is 1.33 bits per heavy atom. The van der Waals surface area contributed by atoms with Crippen LogP contribution >= 0.6 is 0 Å². The van der Waals surface area contributed by atoms with Gasteiger partial charge in [0.2, 0.25) is 0 Å². The average molecular weight is 161 g/mol. The molecule has 0 aromatic heterocycles. The third-order valence-corrected chi connectivity index (χ3v) is 2.94. The summed E-state index contributed by atoms with van der Waals surface area (Å²) < 4.78 is 5.57. The molecule has 0 amide bonds. The summed E-state index contributed by atoms with van der Waals surface area (Å²) in [6.45, 7) is 0.808. The van der Waals surface area contributed by atoms with Crippen LogP contribution in [0.3, 0.4) is 0 Å². The van der Waals surface area contributed by atoms with E-state index in [-0.39, 0.29) is 0 Å². The third kappa shape index (κ3) is 0.681. The molecule has 1 aliphatic carbocycles. The number of hydrogen-bond acceptors (Lipinski definition) is 2. The number of nitrogens with two attached hydrogens (primary N) is 1. The predicted molar refractivity (Wildman–Crippen MR) is 46.1 cm³/mol. The quantitative estimate of drug-likeness (QED) is 0.618. The summed E-state index contributed by atoms with van der Waals surface area (Å²) >= 11 is 0. The van der Waals surface area contributed by atoms with E-state index in [1.807, 2.05) is 12.1 Å². The molecule has 0 unspecified atom stereocenters. The van der Waals surface area contributed by atoms with Gasteiger partial charge in [0, 0.05) is 17.9 Å². The van der Waals surface area contributed by atoms with Gasteiger partial charge < -0.3 is 10.5 Å². The highest BCUT2D eigenvalue weighted by Crippen LogP contribution is 2.52. The summed E-state index contributed by atoms with van der Waals surface area (Å²) in [5.74, 6) is 2.20. The van der Waals surface area contributed by atoms with Gasteiger partial charge in [-0.3, -0.25) is 0 Å². The summed E-state index contributed by atoms with van der Waals surface area (Å²) in [5.41, 5.74) is 7.21. The number of hydrogen-bond donors (Lipinski definition) is 1. The van der Waals surface area contributed by atoms with E-state index < -0.39 is 0 Å². The molecule has 2 heteroatoms. The second-order valence-electron chi connectivity index (χ2n) is 3.62. The summed E-state index contributed by atoms with van der Waals surface area (Å²) in [4.78, 5) is 0. The van der Waals surface area contributed by atoms with Gasteiger partial charge in [-0.1, -0.05) is 18.2 Å². The topological polar surface area (TPSA) is 35.2 Å². The van der Waals surface area contributed by atoms with Gasteiger partial charge in [0.15, 0.2) is 0 Å². The molecule has 1 heterocycles. The predicted octanol–water partition coefficient (Wildman–Crippen LogP) is 1.12. The summed E-state index contributed by atoms with van der Waals surface area (Å²) in [5, 5.41) is 0. The van der Waals surface area contributed by atoms with Gasteiger partial charge in [-0.15, -0.1) is 0 Å². The summed E-state index contributed by atoms with van der Waals surface area (Å²) in [6.07, 6.45) is 0. The van der Waals surface area contributed by atoms with Crippen molar-refractivity contribution in [1.82, 2.24) is 0 Å². The van der Waals surface area contributed by atoms with E-state index in [4.69, 9.17) is 10.5 Å². The van der Waals surface area contributed by atoms with Gasteiger partial charge in [-0.05, 0) is 11.6 Å². The van der Waals surface area contributed by atoms with Crippen LogP contribution in [0.1, 0.15) is 11.5 Å². The Morgan fingerprint density at radius 3 is 3.08 bits per heavy atom. The van der Waals surface area contributed by atoms with Crippen molar-refractivity contribution >= 4 is 0 Å². The molecule has 12 heavy (non-hydrogen) atoms. The van der Waals surface area contributed by atoms with Gasteiger partial charge >= 0.3 is 0 Å². The minimum absolute atomic E-state index is 0.341. The maximum absolute atomic E-state index is 5.91. The monoisotopic (exact) mass is 161 g/mol. The fourth-order valence-corrected chi connectivity index (χ4v) is 2.13. The smallest absolute Gasteiger partial charge is 0.122 e. The first-order valence-corrected chi connectivity index (χ1v) is 4.35. The molecule has 1 aliphatic heterocycles. The zero-order valence-corrected chi connectivity index (χ0v) is 6.73. The molecule has 3 atom stereocenters. The highest BCUT2D eigenvalue weighted by molar-refractivity contribution is 5.44. The second-order valence-corrected chi connectivity index (χ2v) is 3.62. The maximum Gasteiger partial charge on any atom is 0.122 e. The lowest BCUT2D eigenvalue weighted by Crippen LogP contribution is -2.09. The molecular formula is C10H11NO. The second kappa shape index (κ2) is 2.02. The Morgan fingerprint density at radius 2 is 2.17 bits per heavy atom. The lowest BCUT2D eigenvalue weighted by Gasteiger charge is -2.14. The van der Waals surface area contributed by atoms with Gasteiger partial charge in [-0.2, -0.15) is 0 Å². The minimum atomic E-state index is 0.341. The molecule has 0 bridgehead atoms. The normalized spacial score (nSPS) is 36.2. The van der Waals surface area contributed by atoms with Crippen molar-refractivity contribution in [2.75, 3.05) is 6.61 Å². The Bertz CT molecular complexity index is 323. The molecule has 1 aromatic rings. The number of ether oxygens (including phenoxy) is 1. The highest BCUT2D eigenvalue weighted by Gasteiger charge is 2.52. The van der Waals surface area contributed by atoms with Crippen LogP contribution in [0.4, 0.5) is 0 Å². The molecule has 62 valence electrons. The summed E-state index contributed by atoms with van der Waals surface area (Å²) in [7, 11) is 0. The van der Waals surface area contributed by atoms with Crippen molar-refractivity contribution in [3.05, 3.63) is 29.8 Å². The van der Waals surface area contributed by atoms with Crippen molar-refractivity contribution in [3.8, 4) is 5.75 Å². The van der Waals surface area contributed by atoms with Crippen LogP contribution in [0.25, 0.3) is 0 Å². The molecule has 3 rings (SSSR count). The molecule has 0 saturated heterocycles. The number of para-hydroxylation sites is 1. The van der Waals surface area contributed by atoms with Crippen LogP contribution in [0.5, 0.6) is 5.75 Å². The van der Waals surface area contributed by atoms with Crippen LogP contribution in [0.2, 0.25) is 0 Å². The third-order valence-electron chi connectivity index (χ3n) is 2.94. The molecule has 1 aromatic carbocycles. The van der Waals surface area contributed by atoms with Crippen LogP contribution in [-0.4, -0.2) is 12.6 Å². The Balaban J connectivity index is 2.10. The lowest BCUT2D eigenvalue weighted by molar-refractivity contribution is 0.277. The molecule has 2 N–H and O–H groups in total. The van der Waals surface area contributed by atoms with E-state index in [2.05, 4.69) is 12.1 Å². The van der Waals surface area contributed by atoms with Crippen LogP contribution in [0, 0.1) is 5.92 Å². The van der Waals surface area contributed by atoms with E-state index in [9.17, 15) is 0 Å². The number of benzene rings is 1. The zero-order chi connectivity index (χ0) is 8.13. The molecule has 2 aliphatic rings. The standard InChI is InChI=1S/C10H11NO/c11-10-7-5-12-8-4-2-1-3-6(8)9(7)10/h1-4,7,9-10H,5,11H2/t7-,9+,10-/m1/s1. The van der Waals surface area contributed by atoms with Crippen LogP contribution in [0.15, 0.2) is 24.3 Å². The Kier molecular flexibility index (Phi) is 1.09. The maximum atomic E-state index is 5.91. The molecule has 2 nitrogen and oxygen atoms in total. The van der Waals surface area contributed by atoms with Gasteiger partial charge in [0.1, 0.15) is 5.75 Å². The van der Waals surface area contributed by atoms with Crippen molar-refractivity contribution in [1.29, 1.82) is 0 Å². The number of rotatable bonds is 0. The van der Waals surface area contributed by atoms with Crippen molar-refractivity contribution in [2.45, 2.75) is 12.0 Å². The highest BCUT2D eigenvalue weighted by atomic mass is 16.5. The fourth-order valence-electron chi connectivity index (χ4n) is 2.13. The first kappa shape index (κ1) is 6.49. The largest absolute Gasteiger partial charge is 0.493 e. The SMILES string of the molecule is N[C@@H]1[C@@H]2COc3ccccc3[C@H]12. The van der Waals surface area contributed by atoms with Crippen LogP contribution < -0.4 is 10.5 Å².